The van der Waals surface area contributed by atoms with Crippen molar-refractivity contribution in [3.63, 3.8) is 0 Å². The maximum atomic E-state index is 5.71. The number of nitrogen functional groups attached to an aromatic ring is 1. The smallest absolute Gasteiger partial charge is 0.140 e. The van der Waals surface area contributed by atoms with Crippen molar-refractivity contribution in [3.05, 3.63) is 18.5 Å². The number of anilines is 1. The fourth-order valence-electron chi connectivity index (χ4n) is 1.70. The molecule has 0 aliphatic heterocycles. The van der Waals surface area contributed by atoms with Crippen molar-refractivity contribution >= 4 is 5.69 Å². The fraction of sp³-hybridized carbons (Fsp3) is 0.500. The molecule has 0 aromatic carbocycles. The monoisotopic (exact) mass is 178 g/mol. The minimum absolute atomic E-state index is 0.378. The summed E-state index contributed by atoms with van der Waals surface area (Å²) in [4.78, 5) is 3.98. The van der Waals surface area contributed by atoms with Crippen LogP contribution in [0.15, 0.2) is 18.5 Å². The highest BCUT2D eigenvalue weighted by atomic mass is 16.5. The summed E-state index contributed by atoms with van der Waals surface area (Å²) in [5.74, 6) is 0.798. The topological polar surface area (TPSA) is 48.1 Å². The molecule has 2 N–H and O–H groups in total. The van der Waals surface area contributed by atoms with Crippen molar-refractivity contribution in [2.45, 2.75) is 31.8 Å². The molecule has 0 saturated heterocycles. The van der Waals surface area contributed by atoms with Gasteiger partial charge in [-0.25, -0.2) is 0 Å². The van der Waals surface area contributed by atoms with Crippen molar-refractivity contribution in [2.75, 3.05) is 5.73 Å². The van der Waals surface area contributed by atoms with Gasteiger partial charge in [0.05, 0.1) is 24.2 Å². The zero-order valence-corrected chi connectivity index (χ0v) is 7.57. The number of rotatable bonds is 2. The lowest BCUT2D eigenvalue weighted by Gasteiger charge is -2.12. The van der Waals surface area contributed by atoms with E-state index in [9.17, 15) is 0 Å². The van der Waals surface area contributed by atoms with Crippen molar-refractivity contribution < 1.29 is 4.74 Å². The molecule has 1 aliphatic carbocycles. The van der Waals surface area contributed by atoms with Crippen LogP contribution < -0.4 is 10.5 Å². The Labute approximate surface area is 77.9 Å². The first-order chi connectivity index (χ1) is 6.34. The van der Waals surface area contributed by atoms with Gasteiger partial charge in [0.15, 0.2) is 0 Å². The first-order valence-corrected chi connectivity index (χ1v) is 4.72. The van der Waals surface area contributed by atoms with Crippen LogP contribution in [-0.4, -0.2) is 11.1 Å². The van der Waals surface area contributed by atoms with E-state index in [-0.39, 0.29) is 0 Å². The van der Waals surface area contributed by atoms with Gasteiger partial charge in [-0.2, -0.15) is 0 Å². The van der Waals surface area contributed by atoms with Crippen molar-refractivity contribution in [2.24, 2.45) is 0 Å². The molecule has 0 unspecified atom stereocenters. The summed E-state index contributed by atoms with van der Waals surface area (Å²) in [5, 5.41) is 0. The molecule has 70 valence electrons. The summed E-state index contributed by atoms with van der Waals surface area (Å²) < 4.78 is 5.71. The maximum absolute atomic E-state index is 5.71. The molecule has 0 bridgehead atoms. The molecule has 1 heterocycles. The highest BCUT2D eigenvalue weighted by molar-refractivity contribution is 5.40. The number of hydrogen-bond donors (Lipinski definition) is 1. The van der Waals surface area contributed by atoms with Crippen LogP contribution in [0.3, 0.4) is 0 Å². The van der Waals surface area contributed by atoms with Crippen molar-refractivity contribution in [3.8, 4) is 5.75 Å². The minimum atomic E-state index is 0.378. The second-order valence-electron chi connectivity index (χ2n) is 3.48. The number of nitrogens with zero attached hydrogens (tertiary/aromatic N) is 1. The summed E-state index contributed by atoms with van der Waals surface area (Å²) in [6.45, 7) is 0. The number of nitrogens with two attached hydrogens (primary N) is 1. The summed E-state index contributed by atoms with van der Waals surface area (Å²) in [6, 6.07) is 1.82. The molecule has 1 saturated carbocycles. The molecule has 13 heavy (non-hydrogen) atoms. The number of aromatic nitrogens is 1. The molecule has 1 aromatic rings. The molecular weight excluding hydrogens is 164 g/mol. The molecular formula is C10H14N2O. The van der Waals surface area contributed by atoms with Crippen LogP contribution in [0.5, 0.6) is 5.75 Å². The predicted molar refractivity (Wildman–Crippen MR) is 51.5 cm³/mol. The van der Waals surface area contributed by atoms with E-state index in [0.29, 0.717) is 11.8 Å². The van der Waals surface area contributed by atoms with Gasteiger partial charge >= 0.3 is 0 Å². The van der Waals surface area contributed by atoms with Crippen LogP contribution in [0, 0.1) is 0 Å². The van der Waals surface area contributed by atoms with Crippen LogP contribution in [0.1, 0.15) is 25.7 Å². The Morgan fingerprint density at radius 2 is 2.08 bits per heavy atom. The zero-order valence-electron chi connectivity index (χ0n) is 7.57. The molecule has 0 atom stereocenters. The van der Waals surface area contributed by atoms with Crippen LogP contribution in [0.25, 0.3) is 0 Å². The van der Waals surface area contributed by atoms with Gasteiger partial charge in [0.2, 0.25) is 0 Å². The molecule has 0 radical (unpaired) electrons. The van der Waals surface area contributed by atoms with E-state index in [2.05, 4.69) is 4.98 Å². The standard InChI is InChI=1S/C10H14N2O/c11-8-5-10(7-12-6-8)13-9-3-1-2-4-9/h5-7,9H,1-4,11H2. The van der Waals surface area contributed by atoms with Gasteiger partial charge in [-0.05, 0) is 25.7 Å². The van der Waals surface area contributed by atoms with E-state index in [0.717, 1.165) is 18.6 Å². The van der Waals surface area contributed by atoms with Crippen LogP contribution >= 0.6 is 0 Å². The minimum Gasteiger partial charge on any atom is -0.489 e. The molecule has 3 heteroatoms. The second kappa shape index (κ2) is 3.64. The molecule has 1 aliphatic rings. The van der Waals surface area contributed by atoms with E-state index >= 15 is 0 Å². The quantitative estimate of drug-likeness (QED) is 0.753. The Hall–Kier alpha value is -1.25. The third-order valence-electron chi connectivity index (χ3n) is 2.34. The van der Waals surface area contributed by atoms with Gasteiger partial charge in [0.1, 0.15) is 5.75 Å². The SMILES string of the molecule is Nc1cncc(OC2CCCC2)c1. The molecule has 1 fully saturated rings. The van der Waals surface area contributed by atoms with Crippen molar-refractivity contribution in [1.82, 2.24) is 4.98 Å². The van der Waals surface area contributed by atoms with Crippen molar-refractivity contribution in [1.29, 1.82) is 0 Å². The van der Waals surface area contributed by atoms with Crippen LogP contribution in [0.2, 0.25) is 0 Å². The summed E-state index contributed by atoms with van der Waals surface area (Å²) in [5.41, 5.74) is 6.25. The molecule has 3 nitrogen and oxygen atoms in total. The van der Waals surface area contributed by atoms with Gasteiger partial charge in [-0.1, -0.05) is 0 Å². The largest absolute Gasteiger partial charge is 0.489 e. The fourth-order valence-corrected chi connectivity index (χ4v) is 1.70. The van der Waals surface area contributed by atoms with Gasteiger partial charge < -0.3 is 10.5 Å². The maximum Gasteiger partial charge on any atom is 0.140 e. The highest BCUT2D eigenvalue weighted by Crippen LogP contribution is 2.24. The number of pyridine rings is 1. The third-order valence-corrected chi connectivity index (χ3v) is 2.34. The Morgan fingerprint density at radius 1 is 1.31 bits per heavy atom. The average Bonchev–Trinajstić information content (AvgIpc) is 2.57. The van der Waals surface area contributed by atoms with Gasteiger partial charge in [0.25, 0.3) is 0 Å². The van der Waals surface area contributed by atoms with Gasteiger partial charge in [-0.15, -0.1) is 0 Å². The normalized spacial score (nSPS) is 17.5. The van der Waals surface area contributed by atoms with E-state index in [4.69, 9.17) is 10.5 Å². The first kappa shape index (κ1) is 8.35. The molecule has 1 aromatic heterocycles. The third kappa shape index (κ3) is 2.11. The Bertz CT molecular complexity index is 282. The lowest BCUT2D eigenvalue weighted by Crippen LogP contribution is -2.11. The van der Waals surface area contributed by atoms with Crippen LogP contribution in [-0.2, 0) is 0 Å². The summed E-state index contributed by atoms with van der Waals surface area (Å²) in [7, 11) is 0. The molecule has 0 amide bonds. The molecule has 2 rings (SSSR count). The van der Waals surface area contributed by atoms with E-state index in [1.54, 1.807) is 12.4 Å². The summed E-state index contributed by atoms with van der Waals surface area (Å²) in [6.07, 6.45) is 8.60. The molecule has 0 spiro atoms. The van der Waals surface area contributed by atoms with Crippen LogP contribution in [0.4, 0.5) is 5.69 Å². The summed E-state index contributed by atoms with van der Waals surface area (Å²) >= 11 is 0. The van der Waals surface area contributed by atoms with Gasteiger partial charge in [-0.3, -0.25) is 4.98 Å². The Balaban J connectivity index is 2.00. The Morgan fingerprint density at radius 3 is 2.77 bits per heavy atom. The highest BCUT2D eigenvalue weighted by Gasteiger charge is 2.16. The number of hydrogen-bond acceptors (Lipinski definition) is 3. The zero-order chi connectivity index (χ0) is 9.10. The lowest BCUT2D eigenvalue weighted by atomic mass is 10.3. The number of ether oxygens (including phenoxy) is 1. The van der Waals surface area contributed by atoms with E-state index in [1.165, 1.54) is 12.8 Å². The average molecular weight is 178 g/mol. The van der Waals surface area contributed by atoms with Gasteiger partial charge in [0, 0.05) is 6.07 Å². The lowest BCUT2D eigenvalue weighted by molar-refractivity contribution is 0.209. The first-order valence-electron chi connectivity index (χ1n) is 4.72. The van der Waals surface area contributed by atoms with E-state index < -0.39 is 0 Å². The Kier molecular flexibility index (Phi) is 2.34. The van der Waals surface area contributed by atoms with E-state index in [1.807, 2.05) is 6.07 Å². The second-order valence-corrected chi connectivity index (χ2v) is 3.48. The predicted octanol–water partition coefficient (Wildman–Crippen LogP) is 1.99.